The maximum Gasteiger partial charge on any atom is 0.253 e. The second-order valence-corrected chi connectivity index (χ2v) is 5.52. The van der Waals surface area contributed by atoms with Crippen molar-refractivity contribution in [2.24, 2.45) is 5.92 Å². The molecule has 0 aromatic carbocycles. The summed E-state index contributed by atoms with van der Waals surface area (Å²) in [6.07, 6.45) is 8.86. The summed E-state index contributed by atoms with van der Waals surface area (Å²) in [5.41, 5.74) is 0.966. The van der Waals surface area contributed by atoms with Gasteiger partial charge in [-0.3, -0.25) is 14.3 Å². The Morgan fingerprint density at radius 2 is 2.05 bits per heavy atom. The molecule has 2 aromatic rings. The molecule has 0 aliphatic carbocycles. The number of piperidine rings is 1. The molecule has 1 aliphatic rings. The zero-order valence-electron chi connectivity index (χ0n) is 12.1. The van der Waals surface area contributed by atoms with Gasteiger partial charge in [0.1, 0.15) is 5.82 Å². The Kier molecular flexibility index (Phi) is 3.94. The van der Waals surface area contributed by atoms with Gasteiger partial charge in [-0.2, -0.15) is 0 Å². The molecule has 0 spiro atoms. The molecule has 0 N–H and O–H groups in total. The van der Waals surface area contributed by atoms with Gasteiger partial charge < -0.3 is 4.90 Å². The van der Waals surface area contributed by atoms with Crippen molar-refractivity contribution >= 4 is 5.82 Å². The zero-order chi connectivity index (χ0) is 14.7. The molecule has 0 unspecified atom stereocenters. The van der Waals surface area contributed by atoms with Gasteiger partial charge in [0.2, 0.25) is 0 Å². The van der Waals surface area contributed by atoms with Crippen molar-refractivity contribution in [2.75, 3.05) is 18.0 Å². The molecular formula is C15H19N5O. The fourth-order valence-electron chi connectivity index (χ4n) is 2.74. The maximum atomic E-state index is 11.7. The molecule has 0 bridgehead atoms. The number of aromatic nitrogens is 4. The van der Waals surface area contributed by atoms with Crippen molar-refractivity contribution < 1.29 is 0 Å². The number of anilines is 1. The van der Waals surface area contributed by atoms with E-state index in [0.717, 1.165) is 44.0 Å². The van der Waals surface area contributed by atoms with Gasteiger partial charge in [0, 0.05) is 38.1 Å². The summed E-state index contributed by atoms with van der Waals surface area (Å²) in [7, 11) is 0. The van der Waals surface area contributed by atoms with Crippen LogP contribution in [0.3, 0.4) is 0 Å². The molecule has 0 amide bonds. The van der Waals surface area contributed by atoms with Crippen molar-refractivity contribution in [3.63, 3.8) is 0 Å². The fraction of sp³-hybridized carbons (Fsp3) is 0.467. The Morgan fingerprint density at radius 1 is 1.24 bits per heavy atom. The van der Waals surface area contributed by atoms with E-state index >= 15 is 0 Å². The molecule has 0 saturated carbocycles. The summed E-state index contributed by atoms with van der Waals surface area (Å²) >= 11 is 0. The number of rotatable bonds is 3. The lowest BCUT2D eigenvalue weighted by Crippen LogP contribution is -2.36. The third-order valence-electron chi connectivity index (χ3n) is 3.93. The third kappa shape index (κ3) is 3.26. The Bertz CT molecular complexity index is 661. The highest BCUT2D eigenvalue weighted by atomic mass is 16.1. The van der Waals surface area contributed by atoms with Crippen LogP contribution in [0.25, 0.3) is 0 Å². The predicted molar refractivity (Wildman–Crippen MR) is 80.2 cm³/mol. The Labute approximate surface area is 123 Å². The van der Waals surface area contributed by atoms with Crippen LogP contribution in [0.5, 0.6) is 0 Å². The Morgan fingerprint density at radius 3 is 2.76 bits per heavy atom. The van der Waals surface area contributed by atoms with E-state index < -0.39 is 0 Å². The van der Waals surface area contributed by atoms with Crippen LogP contribution in [0.15, 0.2) is 35.8 Å². The minimum Gasteiger partial charge on any atom is -0.355 e. The number of aryl methyl sites for hydroxylation is 1. The van der Waals surface area contributed by atoms with Gasteiger partial charge in [-0.1, -0.05) is 0 Å². The molecule has 6 heteroatoms. The second kappa shape index (κ2) is 6.03. The Balaban J connectivity index is 1.61. The standard InChI is InChI=1S/C15H19N5O/c1-12-8-17-9-14(18-12)19-6-3-13(4-7-19)10-20-11-16-5-2-15(20)21/h2,5,8-9,11,13H,3-4,6-7,10H2,1H3. The number of hydrogen-bond donors (Lipinski definition) is 0. The molecule has 2 aromatic heterocycles. The van der Waals surface area contributed by atoms with Gasteiger partial charge in [-0.05, 0) is 25.7 Å². The molecular weight excluding hydrogens is 266 g/mol. The lowest BCUT2D eigenvalue weighted by atomic mass is 9.97. The molecule has 1 aliphatic heterocycles. The normalized spacial score (nSPS) is 16.1. The van der Waals surface area contributed by atoms with Gasteiger partial charge in [0.25, 0.3) is 5.56 Å². The van der Waals surface area contributed by atoms with Crippen molar-refractivity contribution in [2.45, 2.75) is 26.3 Å². The first-order chi connectivity index (χ1) is 10.2. The topological polar surface area (TPSA) is 63.9 Å². The molecule has 110 valence electrons. The third-order valence-corrected chi connectivity index (χ3v) is 3.93. The molecule has 1 fully saturated rings. The molecule has 6 nitrogen and oxygen atoms in total. The monoisotopic (exact) mass is 285 g/mol. The SMILES string of the molecule is Cc1cncc(N2CCC(Cn3cnccc3=O)CC2)n1. The molecule has 21 heavy (non-hydrogen) atoms. The minimum absolute atomic E-state index is 0.0250. The quantitative estimate of drug-likeness (QED) is 0.849. The highest BCUT2D eigenvalue weighted by Crippen LogP contribution is 2.22. The lowest BCUT2D eigenvalue weighted by Gasteiger charge is -2.32. The summed E-state index contributed by atoms with van der Waals surface area (Å²) in [5.74, 6) is 1.47. The summed E-state index contributed by atoms with van der Waals surface area (Å²) in [4.78, 5) is 26.7. The highest BCUT2D eigenvalue weighted by molar-refractivity contribution is 5.36. The predicted octanol–water partition coefficient (Wildman–Crippen LogP) is 1.26. The van der Waals surface area contributed by atoms with Gasteiger partial charge in [0.05, 0.1) is 18.2 Å². The van der Waals surface area contributed by atoms with Crippen molar-refractivity contribution in [3.8, 4) is 0 Å². The van der Waals surface area contributed by atoms with Gasteiger partial charge in [0.15, 0.2) is 0 Å². The van der Waals surface area contributed by atoms with E-state index in [2.05, 4.69) is 19.9 Å². The fourth-order valence-corrected chi connectivity index (χ4v) is 2.74. The van der Waals surface area contributed by atoms with Crippen LogP contribution in [0.4, 0.5) is 5.82 Å². The van der Waals surface area contributed by atoms with Gasteiger partial charge in [-0.15, -0.1) is 0 Å². The van der Waals surface area contributed by atoms with E-state index in [0.29, 0.717) is 5.92 Å². The van der Waals surface area contributed by atoms with E-state index in [1.54, 1.807) is 17.1 Å². The molecule has 0 radical (unpaired) electrons. The molecule has 3 heterocycles. The van der Waals surface area contributed by atoms with E-state index in [1.165, 1.54) is 12.3 Å². The average molecular weight is 285 g/mol. The summed E-state index contributed by atoms with van der Waals surface area (Å²) in [5, 5.41) is 0. The summed E-state index contributed by atoms with van der Waals surface area (Å²) in [6, 6.07) is 1.51. The molecule has 3 rings (SSSR count). The zero-order valence-corrected chi connectivity index (χ0v) is 12.1. The number of nitrogens with zero attached hydrogens (tertiary/aromatic N) is 5. The van der Waals surface area contributed by atoms with Crippen LogP contribution < -0.4 is 10.5 Å². The van der Waals surface area contributed by atoms with Gasteiger partial charge in [-0.25, -0.2) is 9.97 Å². The summed E-state index contributed by atoms with van der Waals surface area (Å²) in [6.45, 7) is 4.62. The average Bonchev–Trinajstić information content (AvgIpc) is 2.50. The maximum absolute atomic E-state index is 11.7. The van der Waals surface area contributed by atoms with Crippen molar-refractivity contribution in [1.82, 2.24) is 19.5 Å². The van der Waals surface area contributed by atoms with Crippen molar-refractivity contribution in [3.05, 3.63) is 47.0 Å². The minimum atomic E-state index is 0.0250. The lowest BCUT2D eigenvalue weighted by molar-refractivity contribution is 0.350. The Hall–Kier alpha value is -2.24. The smallest absolute Gasteiger partial charge is 0.253 e. The first-order valence-corrected chi connectivity index (χ1v) is 7.26. The van der Waals surface area contributed by atoms with Crippen LogP contribution in [0, 0.1) is 12.8 Å². The van der Waals surface area contributed by atoms with Crippen LogP contribution in [0.2, 0.25) is 0 Å². The van der Waals surface area contributed by atoms with E-state index in [4.69, 9.17) is 0 Å². The largest absolute Gasteiger partial charge is 0.355 e. The highest BCUT2D eigenvalue weighted by Gasteiger charge is 2.21. The van der Waals surface area contributed by atoms with Crippen molar-refractivity contribution in [1.29, 1.82) is 0 Å². The van der Waals surface area contributed by atoms with Crippen LogP contribution >= 0.6 is 0 Å². The van der Waals surface area contributed by atoms with E-state index in [-0.39, 0.29) is 5.56 Å². The second-order valence-electron chi connectivity index (χ2n) is 5.52. The first-order valence-electron chi connectivity index (χ1n) is 7.26. The van der Waals surface area contributed by atoms with E-state index in [9.17, 15) is 4.79 Å². The summed E-state index contributed by atoms with van der Waals surface area (Å²) < 4.78 is 1.70. The first kappa shape index (κ1) is 13.7. The van der Waals surface area contributed by atoms with Crippen LogP contribution in [-0.2, 0) is 6.54 Å². The number of hydrogen-bond acceptors (Lipinski definition) is 5. The van der Waals surface area contributed by atoms with Crippen LogP contribution in [0.1, 0.15) is 18.5 Å². The van der Waals surface area contributed by atoms with Gasteiger partial charge >= 0.3 is 0 Å². The van der Waals surface area contributed by atoms with E-state index in [1.807, 2.05) is 13.1 Å². The molecule has 1 saturated heterocycles. The molecule has 0 atom stereocenters. The van der Waals surface area contributed by atoms with Crippen LogP contribution in [-0.4, -0.2) is 32.6 Å².